The van der Waals surface area contributed by atoms with Gasteiger partial charge in [0.05, 0.1) is 0 Å². The molecule has 4 rings (SSSR count). The molecule has 2 N–H and O–H groups in total. The first-order chi connectivity index (χ1) is 14.6. The van der Waals surface area contributed by atoms with Gasteiger partial charge in [0.2, 0.25) is 0 Å². The van der Waals surface area contributed by atoms with Crippen LogP contribution in [0.1, 0.15) is 32.6 Å². The second-order valence-corrected chi connectivity index (χ2v) is 16.6. The number of hydrogen-bond acceptors (Lipinski definition) is 9. The molecule has 3 aliphatic rings. The molecule has 3 aliphatic heterocycles. The second kappa shape index (κ2) is 7.07. The van der Waals surface area contributed by atoms with E-state index in [1.807, 2.05) is 13.1 Å². The molecular weight excluding hydrogens is 458 g/mol. The highest BCUT2D eigenvalue weighted by atomic mass is 32.2. The van der Waals surface area contributed by atoms with E-state index in [0.29, 0.717) is 5.56 Å². The van der Waals surface area contributed by atoms with Crippen LogP contribution >= 0.6 is 0 Å². The van der Waals surface area contributed by atoms with Gasteiger partial charge in [0.1, 0.15) is 18.0 Å². The molecule has 3 saturated heterocycles. The number of rotatable bonds is 4. The summed E-state index contributed by atoms with van der Waals surface area (Å²) in [6.45, 7) is 12.0. The predicted molar refractivity (Wildman–Crippen MR) is 117 cm³/mol. The van der Waals surface area contributed by atoms with Crippen LogP contribution in [0, 0.1) is 6.92 Å². The Bertz CT molecular complexity index is 1160. The van der Waals surface area contributed by atoms with Gasteiger partial charge in [0, 0.05) is 25.4 Å². The maximum atomic E-state index is 12.8. The zero-order valence-corrected chi connectivity index (χ0v) is 21.2. The third-order valence-corrected chi connectivity index (χ3v) is 13.1. The number of aromatic amines is 1. The minimum Gasteiger partial charge on any atom is -0.406 e. The van der Waals surface area contributed by atoms with Crippen LogP contribution in [0.3, 0.4) is 0 Å². The van der Waals surface area contributed by atoms with Gasteiger partial charge in [-0.25, -0.2) is 4.79 Å². The minimum atomic E-state index is -3.97. The number of ether oxygens (including phenoxy) is 2. The fraction of sp³-hybridized carbons (Fsp3) is 0.789. The summed E-state index contributed by atoms with van der Waals surface area (Å²) in [5, 5.41) is 2.91. The Morgan fingerprint density at radius 3 is 2.53 bits per heavy atom. The molecule has 3 fully saturated rings. The molecule has 5 atom stereocenters. The number of aryl methyl sites for hydroxylation is 1. The minimum absolute atomic E-state index is 0.225. The lowest BCUT2D eigenvalue weighted by Gasteiger charge is -2.45. The van der Waals surface area contributed by atoms with Crippen molar-refractivity contribution in [1.29, 1.82) is 0 Å². The van der Waals surface area contributed by atoms with E-state index in [1.165, 1.54) is 17.9 Å². The van der Waals surface area contributed by atoms with Crippen LogP contribution in [-0.2, 0) is 28.2 Å². The van der Waals surface area contributed by atoms with Crippen molar-refractivity contribution in [2.75, 3.05) is 19.4 Å². The van der Waals surface area contributed by atoms with E-state index in [9.17, 15) is 18.0 Å². The van der Waals surface area contributed by atoms with Crippen molar-refractivity contribution in [2.24, 2.45) is 0 Å². The summed E-state index contributed by atoms with van der Waals surface area (Å²) in [7, 11) is -5.09. The van der Waals surface area contributed by atoms with Gasteiger partial charge in [-0.1, -0.05) is 20.8 Å². The Kier molecular flexibility index (Phi) is 5.26. The summed E-state index contributed by atoms with van der Waals surface area (Å²) in [5.74, 6) is -0.417. The Morgan fingerprint density at radius 1 is 1.28 bits per heavy atom. The van der Waals surface area contributed by atoms with Crippen LogP contribution in [0.25, 0.3) is 0 Å². The molecule has 0 radical (unpaired) electrons. The van der Waals surface area contributed by atoms with E-state index in [1.54, 1.807) is 6.92 Å². The first-order valence-electron chi connectivity index (χ1n) is 10.5. The fourth-order valence-corrected chi connectivity index (χ4v) is 7.60. The average molecular weight is 490 g/mol. The van der Waals surface area contributed by atoms with Gasteiger partial charge in [0.25, 0.3) is 15.7 Å². The van der Waals surface area contributed by atoms with Crippen molar-refractivity contribution in [3.05, 3.63) is 32.6 Å². The van der Waals surface area contributed by atoms with E-state index >= 15 is 0 Å². The van der Waals surface area contributed by atoms with Crippen LogP contribution in [0.2, 0.25) is 18.1 Å². The van der Waals surface area contributed by atoms with Crippen molar-refractivity contribution in [2.45, 2.75) is 75.6 Å². The van der Waals surface area contributed by atoms with Crippen molar-refractivity contribution in [3.8, 4) is 0 Å². The van der Waals surface area contributed by atoms with E-state index in [-0.39, 0.29) is 11.6 Å². The smallest absolute Gasteiger partial charge is 0.330 e. The lowest BCUT2D eigenvalue weighted by atomic mass is 9.85. The van der Waals surface area contributed by atoms with Crippen molar-refractivity contribution in [3.63, 3.8) is 0 Å². The largest absolute Gasteiger partial charge is 0.406 e. The molecule has 11 nitrogen and oxygen atoms in total. The van der Waals surface area contributed by atoms with Gasteiger partial charge >= 0.3 is 5.69 Å². The summed E-state index contributed by atoms with van der Waals surface area (Å²) < 4.78 is 51.2. The molecule has 0 aromatic carbocycles. The molecule has 180 valence electrons. The number of nitrogens with one attached hydrogen (secondary N) is 2. The van der Waals surface area contributed by atoms with E-state index < -0.39 is 65.2 Å². The Labute approximate surface area is 187 Å². The zero-order valence-electron chi connectivity index (χ0n) is 19.3. The molecule has 1 spiro atoms. The Balaban J connectivity index is 1.93. The van der Waals surface area contributed by atoms with Crippen molar-refractivity contribution < 1.29 is 26.5 Å². The van der Waals surface area contributed by atoms with Crippen LogP contribution < -0.4 is 16.6 Å². The number of aromatic nitrogens is 2. The van der Waals surface area contributed by atoms with Gasteiger partial charge in [-0.2, -0.15) is 8.42 Å². The molecule has 1 aromatic rings. The third-order valence-electron chi connectivity index (χ3n) is 7.31. The van der Waals surface area contributed by atoms with Gasteiger partial charge in [-0.3, -0.25) is 23.8 Å². The molecule has 0 aliphatic carbocycles. The lowest BCUT2D eigenvalue weighted by Crippen LogP contribution is -2.66. The first kappa shape index (κ1) is 23.8. The molecule has 0 amide bonds. The highest BCUT2D eigenvalue weighted by molar-refractivity contribution is 7.87. The number of nitrogens with zero attached hydrogens (tertiary/aromatic N) is 1. The monoisotopic (exact) mass is 489 g/mol. The number of hydrogen-bond donors (Lipinski definition) is 2. The van der Waals surface area contributed by atoms with Crippen LogP contribution in [0.4, 0.5) is 0 Å². The summed E-state index contributed by atoms with van der Waals surface area (Å²) >= 11 is 0. The van der Waals surface area contributed by atoms with Crippen LogP contribution in [0.15, 0.2) is 15.8 Å². The first-order valence-corrected chi connectivity index (χ1v) is 15.0. The standard InChI is InChI=1S/C19H31N3O8SSi/c1-11-9-22(16(24)21-14(11)23)15-13(29-32(6,7)17(2,3)4)19-12(28-15)8-20-18(19,27-5)10-31(25,26)30-19/h9,12-13,15,20H,8,10H2,1-7H3,(H,21,23,24)/t12?,13-,15+,18+,19+/m0/s1. The molecule has 32 heavy (non-hydrogen) atoms. The maximum Gasteiger partial charge on any atom is 0.330 e. The molecule has 13 heteroatoms. The SMILES string of the molecule is CO[C@]12CS(=O)(=O)O[C@@]13C(CN2)O[C@@H](n1cc(C)c(=O)[nH]c1=O)[C@@H]3O[Si](C)(C)C(C)(C)C. The van der Waals surface area contributed by atoms with Gasteiger partial charge in [-0.15, -0.1) is 0 Å². The van der Waals surface area contributed by atoms with Crippen LogP contribution in [-0.4, -0.2) is 69.2 Å². The Morgan fingerprint density at radius 2 is 1.94 bits per heavy atom. The van der Waals surface area contributed by atoms with Crippen molar-refractivity contribution in [1.82, 2.24) is 14.9 Å². The number of methoxy groups -OCH3 is 1. The third kappa shape index (κ3) is 3.21. The topological polar surface area (TPSA) is 138 Å². The highest BCUT2D eigenvalue weighted by Crippen LogP contribution is 2.57. The van der Waals surface area contributed by atoms with E-state index in [2.05, 4.69) is 31.1 Å². The quantitative estimate of drug-likeness (QED) is 0.448. The normalized spacial score (nSPS) is 36.3. The second-order valence-electron chi connectivity index (χ2n) is 10.3. The van der Waals surface area contributed by atoms with E-state index in [0.717, 1.165) is 0 Å². The lowest BCUT2D eigenvalue weighted by molar-refractivity contribution is -0.154. The molecular formula is C19H31N3O8SSi. The van der Waals surface area contributed by atoms with Crippen molar-refractivity contribution >= 4 is 18.4 Å². The van der Waals surface area contributed by atoms with Gasteiger partial charge < -0.3 is 13.9 Å². The maximum absolute atomic E-state index is 12.8. The fourth-order valence-electron chi connectivity index (χ4n) is 4.56. The van der Waals surface area contributed by atoms with Gasteiger partial charge in [-0.05, 0) is 25.1 Å². The summed E-state index contributed by atoms with van der Waals surface area (Å²) in [6, 6.07) is 0. The van der Waals surface area contributed by atoms with Gasteiger partial charge in [0.15, 0.2) is 25.9 Å². The number of H-pyrrole nitrogens is 1. The summed E-state index contributed by atoms with van der Waals surface area (Å²) in [6.07, 6.45) is -1.39. The summed E-state index contributed by atoms with van der Waals surface area (Å²) in [4.78, 5) is 27.0. The highest BCUT2D eigenvalue weighted by Gasteiger charge is 2.80. The van der Waals surface area contributed by atoms with Crippen LogP contribution in [0.5, 0.6) is 0 Å². The zero-order chi connectivity index (χ0) is 23.9. The summed E-state index contributed by atoms with van der Waals surface area (Å²) in [5.41, 5.74) is -3.81. The molecule has 4 heterocycles. The predicted octanol–water partition coefficient (Wildman–Crippen LogP) is 0.178. The molecule has 0 bridgehead atoms. The Hall–Kier alpha value is -1.35. The average Bonchev–Trinajstić information content (AvgIpc) is 3.18. The molecule has 0 saturated carbocycles. The molecule has 1 aromatic heterocycles. The van der Waals surface area contributed by atoms with E-state index in [4.69, 9.17) is 18.1 Å². The molecule has 1 unspecified atom stereocenters.